The molecule has 1 unspecified atom stereocenters. The monoisotopic (exact) mass is 303 g/mol. The van der Waals surface area contributed by atoms with Crippen molar-refractivity contribution in [3.05, 3.63) is 41.5 Å². The van der Waals surface area contributed by atoms with Crippen molar-refractivity contribution in [2.45, 2.75) is 23.6 Å². The predicted octanol–water partition coefficient (Wildman–Crippen LogP) is 2.77. The van der Waals surface area contributed by atoms with Gasteiger partial charge in [-0.05, 0) is 0 Å². The van der Waals surface area contributed by atoms with Crippen molar-refractivity contribution in [3.8, 4) is 0 Å². The number of rotatable bonds is 0. The summed E-state index contributed by atoms with van der Waals surface area (Å²) in [5.74, 6) is 0. The summed E-state index contributed by atoms with van der Waals surface area (Å²) in [6, 6.07) is 11.1. The van der Waals surface area contributed by atoms with E-state index in [1.165, 1.54) is 36.6 Å². The van der Waals surface area contributed by atoms with E-state index in [0.29, 0.717) is 0 Å². The molecule has 2 aromatic carbocycles. The molecule has 2 aromatic rings. The van der Waals surface area contributed by atoms with Crippen LogP contribution in [0.2, 0.25) is 0 Å². The second-order valence-electron chi connectivity index (χ2n) is 4.45. The fraction of sp³-hybridized carbons (Fsp3) is 0.143. The first-order valence-electron chi connectivity index (χ1n) is 5.59. The summed E-state index contributed by atoms with van der Waals surface area (Å²) in [5.41, 5.74) is 5.18. The van der Waals surface area contributed by atoms with Crippen molar-refractivity contribution in [1.82, 2.24) is 0 Å². The third-order valence-corrected chi connectivity index (χ3v) is 4.95. The van der Waals surface area contributed by atoms with Gasteiger partial charge in [0.1, 0.15) is 0 Å². The predicted molar refractivity (Wildman–Crippen MR) is 77.9 cm³/mol. The Balaban J connectivity index is 2.14. The molecule has 0 spiro atoms. The Morgan fingerprint density at radius 1 is 1.00 bits per heavy atom. The molecule has 0 fully saturated rings. The zero-order chi connectivity index (χ0) is 12.0. The second kappa shape index (κ2) is 4.11. The molecule has 1 atom stereocenters. The first-order valence-corrected chi connectivity index (χ1v) is 7.62. The molecule has 1 nitrogen and oxygen atoms in total. The third-order valence-electron chi connectivity index (χ3n) is 2.89. The Kier molecular flexibility index (Phi) is 2.72. The average Bonchev–Trinajstić information content (AvgIpc) is 2.26. The number of hydrogen-bond acceptors (Lipinski definition) is 2. The third kappa shape index (κ3) is 2.00. The van der Waals surface area contributed by atoms with E-state index >= 15 is 0 Å². The first-order chi connectivity index (χ1) is 8.13. The number of fused-ring (bicyclic) bond motifs is 2. The minimum absolute atomic E-state index is 1.23. The van der Waals surface area contributed by atoms with Gasteiger partial charge in [0.15, 0.2) is 0 Å². The summed E-state index contributed by atoms with van der Waals surface area (Å²) in [5, 5.41) is 3.56. The van der Waals surface area contributed by atoms with Gasteiger partial charge in [-0.2, -0.15) is 0 Å². The van der Waals surface area contributed by atoms with E-state index in [4.69, 9.17) is 0 Å². The van der Waals surface area contributed by atoms with Crippen LogP contribution in [0.15, 0.2) is 40.1 Å². The second-order valence-corrected chi connectivity index (χ2v) is 6.84. The Morgan fingerprint density at radius 2 is 1.76 bits per heavy atom. The van der Waals surface area contributed by atoms with Crippen molar-refractivity contribution >= 4 is 44.3 Å². The Labute approximate surface area is 115 Å². The van der Waals surface area contributed by atoms with Crippen LogP contribution < -0.4 is 9.67 Å². The van der Waals surface area contributed by atoms with Gasteiger partial charge in [-0.15, -0.1) is 0 Å². The molecular formula is C14H14AsNS. The van der Waals surface area contributed by atoms with Crippen LogP contribution >= 0.6 is 11.8 Å². The molecule has 1 aliphatic rings. The summed E-state index contributed by atoms with van der Waals surface area (Å²) in [6.45, 7) is 4.30. The van der Waals surface area contributed by atoms with Crippen LogP contribution in [0.5, 0.6) is 0 Å². The van der Waals surface area contributed by atoms with Gasteiger partial charge in [0.2, 0.25) is 0 Å². The summed E-state index contributed by atoms with van der Waals surface area (Å²) in [7, 11) is 0. The van der Waals surface area contributed by atoms with Crippen LogP contribution in [0.25, 0.3) is 0 Å². The van der Waals surface area contributed by atoms with Crippen LogP contribution in [-0.4, -0.2) is 16.9 Å². The molecule has 17 heavy (non-hydrogen) atoms. The van der Waals surface area contributed by atoms with E-state index in [1.807, 2.05) is 11.8 Å². The van der Waals surface area contributed by atoms with E-state index in [-0.39, 0.29) is 0 Å². The van der Waals surface area contributed by atoms with Gasteiger partial charge < -0.3 is 0 Å². The Bertz CT molecular complexity index is 607. The van der Waals surface area contributed by atoms with E-state index in [9.17, 15) is 0 Å². The average molecular weight is 303 g/mol. The number of nitrogens with one attached hydrogen (secondary N) is 1. The fourth-order valence-electron chi connectivity index (χ4n) is 2.06. The van der Waals surface area contributed by atoms with Crippen molar-refractivity contribution in [3.63, 3.8) is 0 Å². The normalized spacial score (nSPS) is 12.6. The van der Waals surface area contributed by atoms with E-state index < -0.39 is 0 Å². The van der Waals surface area contributed by atoms with Crippen molar-refractivity contribution < 1.29 is 0 Å². The molecule has 0 aromatic heterocycles. The molecule has 0 aliphatic carbocycles. The molecular weight excluding hydrogens is 289 g/mol. The summed E-state index contributed by atoms with van der Waals surface area (Å²) >= 11 is 3.55. The van der Waals surface area contributed by atoms with Crippen LogP contribution in [0.3, 0.4) is 0 Å². The quantitative estimate of drug-likeness (QED) is 0.641. The summed E-state index contributed by atoms with van der Waals surface area (Å²) in [6.07, 6.45) is 0. The fourth-order valence-corrected chi connectivity index (χ4v) is 4.54. The number of anilines is 2. The van der Waals surface area contributed by atoms with Crippen LogP contribution in [0, 0.1) is 13.8 Å². The van der Waals surface area contributed by atoms with Crippen LogP contribution in [0.1, 0.15) is 11.1 Å². The standard InChI is InChI=1S/C14H14AsNS/c1-8-3-4-11-12(6-8)17-13-7-9(2)5-10(15)14(13)16-11/h3-7,16H,15H2,1-2H3. The SMILES string of the molecule is Cc1ccc2c(c1)Sc1cc(C)cc([AsH2])c1N2. The Morgan fingerprint density at radius 3 is 2.59 bits per heavy atom. The topological polar surface area (TPSA) is 12.0 Å². The number of hydrogen-bond donors (Lipinski definition) is 1. The maximum absolute atomic E-state index is 3.56. The van der Waals surface area contributed by atoms with Gasteiger partial charge in [-0.3, -0.25) is 0 Å². The molecule has 3 heteroatoms. The minimum atomic E-state index is 1.23. The molecule has 0 bridgehead atoms. The Hall–Kier alpha value is -0.852. The van der Waals surface area contributed by atoms with Gasteiger partial charge >= 0.3 is 115 Å². The molecule has 0 radical (unpaired) electrons. The molecule has 86 valence electrons. The number of benzene rings is 2. The first kappa shape index (κ1) is 11.3. The van der Waals surface area contributed by atoms with Gasteiger partial charge in [0.25, 0.3) is 0 Å². The zero-order valence-corrected chi connectivity index (χ0v) is 13.1. The van der Waals surface area contributed by atoms with E-state index in [0.717, 1.165) is 0 Å². The van der Waals surface area contributed by atoms with Crippen molar-refractivity contribution in [1.29, 1.82) is 0 Å². The zero-order valence-electron chi connectivity index (χ0n) is 9.87. The van der Waals surface area contributed by atoms with E-state index in [2.05, 4.69) is 49.5 Å². The summed E-state index contributed by atoms with van der Waals surface area (Å²) < 4.78 is 1.38. The van der Waals surface area contributed by atoms with E-state index in [1.54, 1.807) is 16.9 Å². The molecule has 0 saturated carbocycles. The maximum atomic E-state index is 3.56. The molecule has 1 aliphatic heterocycles. The molecule has 0 amide bonds. The molecule has 0 saturated heterocycles. The van der Waals surface area contributed by atoms with Gasteiger partial charge in [-0.25, -0.2) is 0 Å². The molecule has 1 heterocycles. The van der Waals surface area contributed by atoms with Gasteiger partial charge in [0, 0.05) is 0 Å². The summed E-state index contributed by atoms with van der Waals surface area (Å²) in [4.78, 5) is 2.68. The van der Waals surface area contributed by atoms with Crippen molar-refractivity contribution in [2.24, 2.45) is 0 Å². The van der Waals surface area contributed by atoms with Gasteiger partial charge in [0.05, 0.1) is 0 Å². The van der Waals surface area contributed by atoms with Crippen LogP contribution in [-0.2, 0) is 0 Å². The van der Waals surface area contributed by atoms with Crippen LogP contribution in [0.4, 0.5) is 11.4 Å². The van der Waals surface area contributed by atoms with Crippen molar-refractivity contribution in [2.75, 3.05) is 5.32 Å². The molecule has 3 rings (SSSR count). The van der Waals surface area contributed by atoms with Gasteiger partial charge in [-0.1, -0.05) is 0 Å². The number of aryl methyl sites for hydroxylation is 2. The molecule has 1 N–H and O–H groups in total.